The lowest BCUT2D eigenvalue weighted by Gasteiger charge is -2.34. The van der Waals surface area contributed by atoms with E-state index in [1.54, 1.807) is 6.20 Å². The van der Waals surface area contributed by atoms with Crippen LogP contribution in [0.4, 0.5) is 0 Å². The molecule has 0 unspecified atom stereocenters. The monoisotopic (exact) mass is 366 g/mol. The molecular weight excluding hydrogens is 336 g/mol. The summed E-state index contributed by atoms with van der Waals surface area (Å²) in [6.07, 6.45) is 3.76. The van der Waals surface area contributed by atoms with Gasteiger partial charge in [0.2, 0.25) is 0 Å². The highest BCUT2D eigenvalue weighted by atomic mass is 16.1. The number of rotatable bonds is 8. The Hall–Kier alpha value is -2.24. The van der Waals surface area contributed by atoms with Crippen molar-refractivity contribution in [1.29, 1.82) is 0 Å². The number of aryl methyl sites for hydroxylation is 1. The molecule has 0 atom stereocenters. The van der Waals surface area contributed by atoms with Crippen LogP contribution in [-0.2, 0) is 6.54 Å². The molecule has 1 amide bonds. The summed E-state index contributed by atoms with van der Waals surface area (Å²) in [5.74, 6) is -0.0305. The third-order valence-corrected chi connectivity index (χ3v) is 5.07. The quantitative estimate of drug-likeness (QED) is 0.730. The van der Waals surface area contributed by atoms with Gasteiger partial charge in [0, 0.05) is 51.2 Å². The van der Waals surface area contributed by atoms with Crippen molar-refractivity contribution >= 4 is 5.91 Å². The number of pyridine rings is 1. The Labute approximate surface area is 162 Å². The molecule has 0 radical (unpaired) electrons. The van der Waals surface area contributed by atoms with Crippen molar-refractivity contribution in [1.82, 2.24) is 20.1 Å². The predicted molar refractivity (Wildman–Crippen MR) is 109 cm³/mol. The summed E-state index contributed by atoms with van der Waals surface area (Å²) in [7, 11) is 0. The van der Waals surface area contributed by atoms with Gasteiger partial charge in [-0.25, -0.2) is 0 Å². The molecule has 0 aliphatic carbocycles. The summed E-state index contributed by atoms with van der Waals surface area (Å²) in [4.78, 5) is 21.3. The minimum absolute atomic E-state index is 0.0305. The maximum absolute atomic E-state index is 12.0. The van der Waals surface area contributed by atoms with Gasteiger partial charge in [0.1, 0.15) is 0 Å². The molecule has 2 heterocycles. The predicted octanol–water partition coefficient (Wildman–Crippen LogP) is 2.72. The first kappa shape index (κ1) is 19.5. The van der Waals surface area contributed by atoms with E-state index in [4.69, 9.17) is 0 Å². The Morgan fingerprint density at radius 3 is 2.44 bits per heavy atom. The Balaban J connectivity index is 1.26. The van der Waals surface area contributed by atoms with Crippen molar-refractivity contribution in [3.8, 4) is 0 Å². The molecule has 1 fully saturated rings. The largest absolute Gasteiger partial charge is 0.352 e. The zero-order valence-electron chi connectivity index (χ0n) is 16.2. The zero-order valence-corrected chi connectivity index (χ0v) is 16.2. The zero-order chi connectivity index (χ0) is 18.9. The summed E-state index contributed by atoms with van der Waals surface area (Å²) in [6, 6.07) is 14.4. The van der Waals surface area contributed by atoms with Crippen molar-refractivity contribution in [2.75, 3.05) is 39.3 Å². The summed E-state index contributed by atoms with van der Waals surface area (Å²) in [6.45, 7) is 9.33. The fourth-order valence-corrected chi connectivity index (χ4v) is 3.38. The maximum Gasteiger partial charge on any atom is 0.252 e. The van der Waals surface area contributed by atoms with Gasteiger partial charge in [-0.05, 0) is 44.0 Å². The van der Waals surface area contributed by atoms with Crippen molar-refractivity contribution in [3.63, 3.8) is 0 Å². The van der Waals surface area contributed by atoms with Crippen LogP contribution in [0.1, 0.15) is 34.5 Å². The standard InChI is InChI=1S/C22H30N4O/c1-19-9-10-21(17-24-19)22(27)23-11-5-6-12-25-13-15-26(16-14-25)18-20-7-3-2-4-8-20/h2-4,7-10,17H,5-6,11-16,18H2,1H3,(H,23,27). The van der Waals surface area contributed by atoms with Crippen molar-refractivity contribution in [2.24, 2.45) is 0 Å². The van der Waals surface area contributed by atoms with Gasteiger partial charge in [-0.15, -0.1) is 0 Å². The third kappa shape index (κ3) is 6.45. The number of piperazine rings is 1. The van der Waals surface area contributed by atoms with Crippen LogP contribution in [0.3, 0.4) is 0 Å². The number of hydrogen-bond acceptors (Lipinski definition) is 4. The first-order valence-electron chi connectivity index (χ1n) is 9.90. The van der Waals surface area contributed by atoms with E-state index < -0.39 is 0 Å². The van der Waals surface area contributed by atoms with Gasteiger partial charge in [-0.3, -0.25) is 14.7 Å². The lowest BCUT2D eigenvalue weighted by molar-refractivity contribution is 0.0950. The molecule has 0 spiro atoms. The van der Waals surface area contributed by atoms with Crippen LogP contribution >= 0.6 is 0 Å². The molecule has 2 aromatic rings. The summed E-state index contributed by atoms with van der Waals surface area (Å²) >= 11 is 0. The van der Waals surface area contributed by atoms with E-state index in [9.17, 15) is 4.79 Å². The lowest BCUT2D eigenvalue weighted by Crippen LogP contribution is -2.46. The van der Waals surface area contributed by atoms with Crippen LogP contribution in [0.15, 0.2) is 48.7 Å². The summed E-state index contributed by atoms with van der Waals surface area (Å²) in [5.41, 5.74) is 2.95. The molecule has 1 aliphatic heterocycles. The Morgan fingerprint density at radius 1 is 1.00 bits per heavy atom. The van der Waals surface area contributed by atoms with Gasteiger partial charge in [-0.2, -0.15) is 0 Å². The van der Waals surface area contributed by atoms with Crippen LogP contribution in [0.5, 0.6) is 0 Å². The fourth-order valence-electron chi connectivity index (χ4n) is 3.38. The van der Waals surface area contributed by atoms with Gasteiger partial charge in [0.05, 0.1) is 5.56 Å². The highest BCUT2D eigenvalue weighted by molar-refractivity contribution is 5.93. The molecule has 1 aromatic carbocycles. The SMILES string of the molecule is Cc1ccc(C(=O)NCCCCN2CCN(Cc3ccccc3)CC2)cn1. The van der Waals surface area contributed by atoms with Gasteiger partial charge < -0.3 is 10.2 Å². The average molecular weight is 367 g/mol. The second-order valence-corrected chi connectivity index (χ2v) is 7.25. The van der Waals surface area contributed by atoms with E-state index in [0.29, 0.717) is 5.56 Å². The minimum Gasteiger partial charge on any atom is -0.352 e. The molecule has 5 heteroatoms. The van der Waals surface area contributed by atoms with E-state index in [1.165, 1.54) is 5.56 Å². The number of nitrogens with one attached hydrogen (secondary N) is 1. The summed E-state index contributed by atoms with van der Waals surface area (Å²) < 4.78 is 0. The molecule has 5 nitrogen and oxygen atoms in total. The second kappa shape index (κ2) is 10.2. The molecule has 1 N–H and O–H groups in total. The van der Waals surface area contributed by atoms with Crippen molar-refractivity contribution in [2.45, 2.75) is 26.3 Å². The first-order valence-corrected chi connectivity index (χ1v) is 9.90. The van der Waals surface area contributed by atoms with Gasteiger partial charge >= 0.3 is 0 Å². The fraction of sp³-hybridized carbons (Fsp3) is 0.455. The molecule has 1 aliphatic rings. The topological polar surface area (TPSA) is 48.5 Å². The van der Waals surface area contributed by atoms with Gasteiger partial charge in [0.15, 0.2) is 0 Å². The number of benzene rings is 1. The van der Waals surface area contributed by atoms with Crippen LogP contribution in [-0.4, -0.2) is 60.0 Å². The Morgan fingerprint density at radius 2 is 1.74 bits per heavy atom. The smallest absolute Gasteiger partial charge is 0.252 e. The van der Waals surface area contributed by atoms with Crippen LogP contribution in [0.2, 0.25) is 0 Å². The number of amides is 1. The van der Waals surface area contributed by atoms with Crippen LogP contribution in [0.25, 0.3) is 0 Å². The van der Waals surface area contributed by atoms with Gasteiger partial charge in [-0.1, -0.05) is 30.3 Å². The van der Waals surface area contributed by atoms with Crippen molar-refractivity contribution < 1.29 is 4.79 Å². The van der Waals surface area contributed by atoms with E-state index in [1.807, 2.05) is 19.1 Å². The molecule has 0 bridgehead atoms. The normalized spacial score (nSPS) is 15.6. The summed E-state index contributed by atoms with van der Waals surface area (Å²) in [5, 5.41) is 2.98. The van der Waals surface area contributed by atoms with E-state index in [0.717, 1.165) is 64.3 Å². The number of carbonyl (C=O) groups excluding carboxylic acids is 1. The number of unbranched alkanes of at least 4 members (excludes halogenated alkanes) is 1. The number of nitrogens with zero attached hydrogens (tertiary/aromatic N) is 3. The number of aromatic nitrogens is 1. The highest BCUT2D eigenvalue weighted by Crippen LogP contribution is 2.09. The molecule has 1 saturated heterocycles. The minimum atomic E-state index is -0.0305. The Bertz CT molecular complexity index is 694. The second-order valence-electron chi connectivity index (χ2n) is 7.25. The number of hydrogen-bond donors (Lipinski definition) is 1. The molecule has 27 heavy (non-hydrogen) atoms. The molecule has 3 rings (SSSR count). The van der Waals surface area contributed by atoms with Crippen molar-refractivity contribution in [3.05, 3.63) is 65.5 Å². The first-order chi connectivity index (χ1) is 13.2. The highest BCUT2D eigenvalue weighted by Gasteiger charge is 2.16. The van der Waals surface area contributed by atoms with Gasteiger partial charge in [0.25, 0.3) is 5.91 Å². The molecule has 1 aromatic heterocycles. The lowest BCUT2D eigenvalue weighted by atomic mass is 10.2. The van der Waals surface area contributed by atoms with E-state index in [2.05, 4.69) is 50.4 Å². The van der Waals surface area contributed by atoms with E-state index >= 15 is 0 Å². The number of carbonyl (C=O) groups is 1. The molecular formula is C22H30N4O. The molecule has 0 saturated carbocycles. The van der Waals surface area contributed by atoms with E-state index in [-0.39, 0.29) is 5.91 Å². The third-order valence-electron chi connectivity index (χ3n) is 5.07. The van der Waals surface area contributed by atoms with Crippen LogP contribution in [0, 0.1) is 6.92 Å². The van der Waals surface area contributed by atoms with Crippen LogP contribution < -0.4 is 5.32 Å². The maximum atomic E-state index is 12.0. The Kier molecular flexibility index (Phi) is 7.36. The molecule has 144 valence electrons. The average Bonchev–Trinajstić information content (AvgIpc) is 2.70.